The van der Waals surface area contributed by atoms with Crippen molar-refractivity contribution >= 4 is 32.8 Å². The highest BCUT2D eigenvalue weighted by atomic mass is 16.5. The van der Waals surface area contributed by atoms with Crippen LogP contribution in [0.25, 0.3) is 61.2 Å². The number of nitrogens with zero attached hydrogens (tertiary/aromatic N) is 4. The van der Waals surface area contributed by atoms with Gasteiger partial charge in [0.05, 0.1) is 11.0 Å². The monoisotopic (exact) mass is 765 g/mol. The van der Waals surface area contributed by atoms with Gasteiger partial charge < -0.3 is 4.74 Å². The molecule has 0 aliphatic heterocycles. The number of rotatable bonds is 6. The minimum absolute atomic E-state index is 0.0434. The maximum Gasteiger partial charge on any atom is 0.255 e. The second kappa shape index (κ2) is 13.9. The molecule has 9 rings (SSSR count). The van der Waals surface area contributed by atoms with Gasteiger partial charge >= 0.3 is 0 Å². The summed E-state index contributed by atoms with van der Waals surface area (Å²) in [5, 5.41) is 1.75. The average molecular weight is 766 g/mol. The molecule has 0 amide bonds. The number of aromatic nitrogens is 4. The van der Waals surface area contributed by atoms with Gasteiger partial charge in [-0.05, 0) is 113 Å². The Hall–Kier alpha value is -6.46. The Balaban J connectivity index is 1.19. The summed E-state index contributed by atoms with van der Waals surface area (Å²) in [6.07, 6.45) is 3.46. The maximum absolute atomic E-state index is 8.86. The van der Waals surface area contributed by atoms with Crippen LogP contribution in [0.1, 0.15) is 77.6 Å². The Morgan fingerprint density at radius 1 is 0.621 bits per heavy atom. The standard InChI is InChI=1S/C53H51N4O/c1-34-23-24-41(30-48(34)56-33-55(46-21-15-16-22-47(46)56)40-28-38(52(4,5)6)27-39(29-40)53(7,8)9)58-42-25-26-44-43-19-13-14-20-45(43)57(49(44)31-42)51-36(3)50(35(2)32-54-51)37-17-11-10-12-18-37/h10-33H,1-9H3/q+1/i2D3,3D3. The van der Waals surface area contributed by atoms with E-state index in [2.05, 4.69) is 117 Å². The van der Waals surface area contributed by atoms with E-state index in [1.165, 1.54) is 17.3 Å². The SMILES string of the molecule is [2H]C([2H])([2H])c1cnc(-n2c3ccccc3c3ccc(Oc4ccc(C)c(-n5c[n+](-c6cc(C(C)(C)C)cc(C(C)(C)C)c6)c6ccccc65)c4)cc32)c(C([2H])([2H])[2H])c1-c1ccccc1. The van der Waals surface area contributed by atoms with Crippen LogP contribution in [0.15, 0.2) is 146 Å². The van der Waals surface area contributed by atoms with Gasteiger partial charge in [0.2, 0.25) is 0 Å². The third-order valence-electron chi connectivity index (χ3n) is 11.2. The number of benzene rings is 6. The smallest absolute Gasteiger partial charge is 0.255 e. The zero-order chi connectivity index (χ0) is 45.5. The Morgan fingerprint density at radius 3 is 2.00 bits per heavy atom. The number of pyridine rings is 1. The summed E-state index contributed by atoms with van der Waals surface area (Å²) in [4.78, 5) is 4.69. The molecule has 0 saturated carbocycles. The molecule has 0 aliphatic carbocycles. The van der Waals surface area contributed by atoms with Crippen LogP contribution in [0, 0.1) is 20.6 Å². The first-order valence-corrected chi connectivity index (χ1v) is 19.8. The van der Waals surface area contributed by atoms with Gasteiger partial charge in [-0.15, -0.1) is 0 Å². The lowest BCUT2D eigenvalue weighted by Gasteiger charge is -2.25. The van der Waals surface area contributed by atoms with Crippen LogP contribution in [0.5, 0.6) is 11.5 Å². The van der Waals surface area contributed by atoms with Gasteiger partial charge in [-0.3, -0.25) is 4.57 Å². The van der Waals surface area contributed by atoms with Crippen molar-refractivity contribution < 1.29 is 17.5 Å². The molecule has 9 aromatic rings. The van der Waals surface area contributed by atoms with E-state index in [9.17, 15) is 0 Å². The Morgan fingerprint density at radius 2 is 1.28 bits per heavy atom. The number of hydrogen-bond acceptors (Lipinski definition) is 2. The van der Waals surface area contributed by atoms with Crippen LogP contribution in [-0.2, 0) is 10.8 Å². The predicted molar refractivity (Wildman–Crippen MR) is 241 cm³/mol. The van der Waals surface area contributed by atoms with Crippen molar-refractivity contribution in [1.29, 1.82) is 0 Å². The summed E-state index contributed by atoms with van der Waals surface area (Å²) in [5.74, 6) is 1.28. The molecule has 3 aromatic heterocycles. The maximum atomic E-state index is 8.86. The molecule has 0 radical (unpaired) electrons. The molecular formula is C53H51N4O+. The topological polar surface area (TPSA) is 35.9 Å². The Labute approximate surface area is 350 Å². The van der Waals surface area contributed by atoms with Crippen LogP contribution < -0.4 is 9.30 Å². The summed E-state index contributed by atoms with van der Waals surface area (Å²) in [7, 11) is 0. The zero-order valence-electron chi connectivity index (χ0n) is 40.1. The fraction of sp³-hybridized carbons (Fsp3) is 0.208. The number of fused-ring (bicyclic) bond motifs is 4. The molecule has 0 saturated heterocycles. The second-order valence-electron chi connectivity index (χ2n) is 17.3. The molecule has 288 valence electrons. The lowest BCUT2D eigenvalue weighted by Crippen LogP contribution is -2.31. The van der Waals surface area contributed by atoms with Gasteiger partial charge in [0.25, 0.3) is 6.33 Å². The largest absolute Gasteiger partial charge is 0.457 e. The number of ether oxygens (including phenoxy) is 1. The van der Waals surface area contributed by atoms with E-state index >= 15 is 0 Å². The summed E-state index contributed by atoms with van der Waals surface area (Å²) < 4.78 is 64.8. The summed E-state index contributed by atoms with van der Waals surface area (Å²) >= 11 is 0. The third kappa shape index (κ3) is 6.45. The van der Waals surface area contributed by atoms with E-state index in [0.717, 1.165) is 44.3 Å². The lowest BCUT2D eigenvalue weighted by molar-refractivity contribution is -0.567. The number of hydrogen-bond donors (Lipinski definition) is 0. The minimum atomic E-state index is -2.73. The Kier molecular flexibility index (Phi) is 7.33. The summed E-state index contributed by atoms with van der Waals surface area (Å²) in [6, 6.07) is 43.8. The Bertz CT molecular complexity index is 3220. The van der Waals surface area contributed by atoms with Crippen molar-refractivity contribution in [2.45, 2.75) is 73.0 Å². The first kappa shape index (κ1) is 30.6. The number of para-hydroxylation sites is 3. The van der Waals surface area contributed by atoms with Crippen molar-refractivity contribution in [3.63, 3.8) is 0 Å². The quantitative estimate of drug-likeness (QED) is 0.158. The summed E-state index contributed by atoms with van der Waals surface area (Å²) in [5.41, 5.74) is 9.44. The molecule has 0 fully saturated rings. The summed E-state index contributed by atoms with van der Waals surface area (Å²) in [6.45, 7) is 10.3. The molecule has 3 heterocycles. The van der Waals surface area contributed by atoms with E-state index in [1.807, 2.05) is 65.2 Å². The van der Waals surface area contributed by atoms with E-state index < -0.39 is 13.7 Å². The number of imidazole rings is 1. The fourth-order valence-electron chi connectivity index (χ4n) is 7.99. The van der Waals surface area contributed by atoms with E-state index in [1.54, 1.807) is 24.3 Å². The molecule has 0 aliphatic rings. The van der Waals surface area contributed by atoms with Crippen LogP contribution in [-0.4, -0.2) is 14.1 Å². The van der Waals surface area contributed by atoms with Crippen molar-refractivity contribution in [2.24, 2.45) is 0 Å². The van der Waals surface area contributed by atoms with E-state index in [4.69, 9.17) is 13.0 Å². The highest BCUT2D eigenvalue weighted by Crippen LogP contribution is 2.39. The van der Waals surface area contributed by atoms with Crippen molar-refractivity contribution in [2.75, 3.05) is 0 Å². The van der Waals surface area contributed by atoms with E-state index in [0.29, 0.717) is 22.6 Å². The zero-order valence-corrected chi connectivity index (χ0v) is 34.1. The van der Waals surface area contributed by atoms with Gasteiger partial charge in [0.15, 0.2) is 11.0 Å². The molecule has 0 spiro atoms. The highest BCUT2D eigenvalue weighted by molar-refractivity contribution is 6.09. The number of aryl methyl sites for hydroxylation is 2. The molecule has 6 aromatic carbocycles. The molecule has 0 unspecified atom stereocenters. The molecule has 0 atom stereocenters. The van der Waals surface area contributed by atoms with Crippen molar-refractivity contribution in [3.8, 4) is 39.8 Å². The first-order chi connectivity index (χ1) is 30.2. The third-order valence-corrected chi connectivity index (χ3v) is 11.2. The lowest BCUT2D eigenvalue weighted by atomic mass is 9.80. The van der Waals surface area contributed by atoms with Crippen molar-refractivity contribution in [3.05, 3.63) is 174 Å². The van der Waals surface area contributed by atoms with Crippen LogP contribution in [0.3, 0.4) is 0 Å². The predicted octanol–water partition coefficient (Wildman–Crippen LogP) is 13.4. The van der Waals surface area contributed by atoms with Crippen molar-refractivity contribution in [1.82, 2.24) is 14.1 Å². The molecule has 5 nitrogen and oxygen atoms in total. The minimum Gasteiger partial charge on any atom is -0.457 e. The molecule has 58 heavy (non-hydrogen) atoms. The van der Waals surface area contributed by atoms with Gasteiger partial charge in [0, 0.05) is 42.9 Å². The molecule has 5 heteroatoms. The molecule has 0 bridgehead atoms. The first-order valence-electron chi connectivity index (χ1n) is 22.8. The van der Waals surface area contributed by atoms with Crippen LogP contribution >= 0.6 is 0 Å². The highest BCUT2D eigenvalue weighted by Gasteiger charge is 2.26. The fourth-order valence-corrected chi connectivity index (χ4v) is 7.99. The molecule has 0 N–H and O–H groups in total. The van der Waals surface area contributed by atoms with E-state index in [-0.39, 0.29) is 33.3 Å². The second-order valence-corrected chi connectivity index (χ2v) is 17.3. The van der Waals surface area contributed by atoms with Gasteiger partial charge in [-0.25, -0.2) is 4.98 Å². The average Bonchev–Trinajstić information content (AvgIpc) is 3.79. The molecular weight excluding hydrogens is 709 g/mol. The normalized spacial score (nSPS) is 14.2. The van der Waals surface area contributed by atoms with Crippen LogP contribution in [0.4, 0.5) is 0 Å². The van der Waals surface area contributed by atoms with Gasteiger partial charge in [0.1, 0.15) is 28.7 Å². The van der Waals surface area contributed by atoms with Gasteiger partial charge in [-0.1, -0.05) is 114 Å². The van der Waals surface area contributed by atoms with Gasteiger partial charge in [-0.2, -0.15) is 9.13 Å². The van der Waals surface area contributed by atoms with Crippen LogP contribution in [0.2, 0.25) is 0 Å².